The maximum absolute atomic E-state index is 13.1. The molecule has 1 fully saturated rings. The first-order chi connectivity index (χ1) is 17.7. The Morgan fingerprint density at radius 2 is 1.65 bits per heavy atom. The predicted molar refractivity (Wildman–Crippen MR) is 133 cm³/mol. The van der Waals surface area contributed by atoms with Crippen LogP contribution < -0.4 is 0 Å². The number of nitrogens with zero attached hydrogens (tertiary/aromatic N) is 3. The number of carbonyl (C=O) groups excluding carboxylic acids is 1. The fourth-order valence-corrected chi connectivity index (χ4v) is 4.88. The topological polar surface area (TPSA) is 79.9 Å². The molecule has 0 bridgehead atoms. The summed E-state index contributed by atoms with van der Waals surface area (Å²) in [6, 6.07) is 13.0. The minimum absolute atomic E-state index is 0.0825. The number of amides is 2. The normalized spacial score (nSPS) is 17.2. The second kappa shape index (κ2) is 9.93. The van der Waals surface area contributed by atoms with Gasteiger partial charge in [-0.05, 0) is 47.4 Å². The van der Waals surface area contributed by atoms with Crippen molar-refractivity contribution in [1.29, 1.82) is 0 Å². The van der Waals surface area contributed by atoms with E-state index in [1.165, 1.54) is 17.0 Å². The molecule has 0 unspecified atom stereocenters. The number of aromatic nitrogens is 1. The lowest BCUT2D eigenvalue weighted by Crippen LogP contribution is -2.48. The van der Waals surface area contributed by atoms with E-state index < -0.39 is 17.8 Å². The average Bonchev–Trinajstić information content (AvgIpc) is 3.32. The fourth-order valence-electron chi connectivity index (χ4n) is 4.88. The molecule has 2 N–H and O–H groups in total. The van der Waals surface area contributed by atoms with Gasteiger partial charge >= 0.3 is 12.3 Å². The van der Waals surface area contributed by atoms with Gasteiger partial charge < -0.3 is 19.9 Å². The SMILES string of the molecule is O=C(O)N1CC=C(c2ccc3cc(C(=O)N4CCN(Cc5ccc(C(F)(F)F)cc5)CC4)[nH]c3c2)CC1. The van der Waals surface area contributed by atoms with Crippen LogP contribution in [-0.4, -0.2) is 76.1 Å². The Bertz CT molecular complexity index is 1340. The molecule has 0 saturated carbocycles. The maximum atomic E-state index is 13.1. The number of aromatic amines is 1. The molecule has 37 heavy (non-hydrogen) atoms. The van der Waals surface area contributed by atoms with E-state index in [2.05, 4.69) is 9.88 Å². The zero-order chi connectivity index (χ0) is 26.2. The highest BCUT2D eigenvalue weighted by Crippen LogP contribution is 2.29. The molecule has 2 aromatic carbocycles. The molecule has 2 amide bonds. The Labute approximate surface area is 211 Å². The van der Waals surface area contributed by atoms with Crippen LogP contribution in [0.2, 0.25) is 0 Å². The number of halogens is 3. The standard InChI is InChI=1S/C27H27F3N4O3/c28-27(29,30)22-5-1-18(2-6-22)17-32-11-13-33(14-12-32)25(35)24-16-21-4-3-20(15-23(21)31-24)19-7-9-34(10-8-19)26(36)37/h1-7,15-16,31H,8-14,17H2,(H,36,37). The molecule has 2 aliphatic heterocycles. The molecule has 0 spiro atoms. The lowest BCUT2D eigenvalue weighted by atomic mass is 9.99. The van der Waals surface area contributed by atoms with Crippen LogP contribution in [0.25, 0.3) is 16.5 Å². The Balaban J connectivity index is 1.19. The molecule has 0 radical (unpaired) electrons. The Morgan fingerprint density at radius 3 is 2.27 bits per heavy atom. The van der Waals surface area contributed by atoms with E-state index in [0.29, 0.717) is 57.9 Å². The van der Waals surface area contributed by atoms with Crippen molar-refractivity contribution in [2.24, 2.45) is 0 Å². The second-order valence-electron chi connectivity index (χ2n) is 9.46. The minimum atomic E-state index is -4.34. The van der Waals surface area contributed by atoms with Gasteiger partial charge in [0.05, 0.1) is 5.56 Å². The summed E-state index contributed by atoms with van der Waals surface area (Å²) in [5.74, 6) is -0.0825. The maximum Gasteiger partial charge on any atom is 0.416 e. The fraction of sp³-hybridized carbons (Fsp3) is 0.333. The van der Waals surface area contributed by atoms with E-state index >= 15 is 0 Å². The molecule has 1 saturated heterocycles. The highest BCUT2D eigenvalue weighted by Gasteiger charge is 2.30. The first-order valence-corrected chi connectivity index (χ1v) is 12.2. The lowest BCUT2D eigenvalue weighted by Gasteiger charge is -2.34. The predicted octanol–water partition coefficient (Wildman–Crippen LogP) is 4.91. The number of carbonyl (C=O) groups is 2. The molecule has 0 atom stereocenters. The number of benzene rings is 2. The van der Waals surface area contributed by atoms with Crippen LogP contribution in [0.4, 0.5) is 18.0 Å². The number of piperazine rings is 1. The number of alkyl halides is 3. The second-order valence-corrected chi connectivity index (χ2v) is 9.46. The third-order valence-corrected chi connectivity index (χ3v) is 7.05. The van der Waals surface area contributed by atoms with Crippen LogP contribution >= 0.6 is 0 Å². The van der Waals surface area contributed by atoms with Gasteiger partial charge in [-0.1, -0.05) is 30.3 Å². The van der Waals surface area contributed by atoms with Crippen LogP contribution in [0, 0.1) is 0 Å². The molecule has 3 aromatic rings. The zero-order valence-corrected chi connectivity index (χ0v) is 20.1. The Kier molecular flexibility index (Phi) is 6.68. The van der Waals surface area contributed by atoms with Crippen LogP contribution in [0.15, 0.2) is 54.6 Å². The molecule has 0 aliphatic carbocycles. The van der Waals surface area contributed by atoms with Crippen LogP contribution in [0.3, 0.4) is 0 Å². The lowest BCUT2D eigenvalue weighted by molar-refractivity contribution is -0.137. The number of carboxylic acid groups (broad SMARTS) is 1. The van der Waals surface area contributed by atoms with Crippen molar-refractivity contribution in [3.8, 4) is 0 Å². The van der Waals surface area contributed by atoms with Gasteiger partial charge in [-0.25, -0.2) is 4.79 Å². The average molecular weight is 513 g/mol. The smallest absolute Gasteiger partial charge is 0.416 e. The van der Waals surface area contributed by atoms with Crippen molar-refractivity contribution >= 4 is 28.5 Å². The molecular weight excluding hydrogens is 485 g/mol. The van der Waals surface area contributed by atoms with E-state index in [1.54, 1.807) is 4.90 Å². The molecular formula is C27H27F3N4O3. The van der Waals surface area contributed by atoms with Gasteiger partial charge in [0.15, 0.2) is 0 Å². The number of H-pyrrole nitrogens is 1. The number of hydrogen-bond acceptors (Lipinski definition) is 3. The highest BCUT2D eigenvalue weighted by atomic mass is 19.4. The molecule has 2 aliphatic rings. The number of hydrogen-bond donors (Lipinski definition) is 2. The van der Waals surface area contributed by atoms with Crippen molar-refractivity contribution in [2.45, 2.75) is 19.1 Å². The van der Waals surface area contributed by atoms with Gasteiger partial charge in [-0.2, -0.15) is 13.2 Å². The summed E-state index contributed by atoms with van der Waals surface area (Å²) in [5, 5.41) is 10.1. The number of nitrogens with one attached hydrogen (secondary N) is 1. The molecule has 194 valence electrons. The van der Waals surface area contributed by atoms with Gasteiger partial charge in [0, 0.05) is 56.7 Å². The summed E-state index contributed by atoms with van der Waals surface area (Å²) in [7, 11) is 0. The van der Waals surface area contributed by atoms with Gasteiger partial charge in [-0.3, -0.25) is 9.69 Å². The van der Waals surface area contributed by atoms with Gasteiger partial charge in [0.2, 0.25) is 0 Å². The van der Waals surface area contributed by atoms with Crippen LogP contribution in [0.1, 0.15) is 33.6 Å². The van der Waals surface area contributed by atoms with E-state index in [1.807, 2.05) is 30.3 Å². The van der Waals surface area contributed by atoms with Crippen LogP contribution in [-0.2, 0) is 12.7 Å². The van der Waals surface area contributed by atoms with Crippen molar-refractivity contribution < 1.29 is 27.9 Å². The highest BCUT2D eigenvalue weighted by molar-refractivity contribution is 5.98. The summed E-state index contributed by atoms with van der Waals surface area (Å²) < 4.78 is 38.3. The Hall–Kier alpha value is -3.79. The van der Waals surface area contributed by atoms with Crippen LogP contribution in [0.5, 0.6) is 0 Å². The largest absolute Gasteiger partial charge is 0.465 e. The molecule has 7 nitrogen and oxygen atoms in total. The summed E-state index contributed by atoms with van der Waals surface area (Å²) in [5.41, 5.74) is 3.61. The molecule has 10 heteroatoms. The molecule has 1 aromatic heterocycles. The molecule has 3 heterocycles. The van der Waals surface area contributed by atoms with Crippen molar-refractivity contribution in [3.05, 3.63) is 77.0 Å². The summed E-state index contributed by atoms with van der Waals surface area (Å²) in [6.07, 6.45) is -2.69. The van der Waals surface area contributed by atoms with E-state index in [-0.39, 0.29) is 5.91 Å². The van der Waals surface area contributed by atoms with E-state index in [0.717, 1.165) is 39.7 Å². The summed E-state index contributed by atoms with van der Waals surface area (Å²) in [6.45, 7) is 3.70. The Morgan fingerprint density at radius 1 is 0.919 bits per heavy atom. The van der Waals surface area contributed by atoms with Gasteiger partial charge in [0.25, 0.3) is 5.91 Å². The van der Waals surface area contributed by atoms with Crippen molar-refractivity contribution in [3.63, 3.8) is 0 Å². The van der Waals surface area contributed by atoms with Crippen molar-refractivity contribution in [2.75, 3.05) is 39.3 Å². The number of fused-ring (bicyclic) bond motifs is 1. The number of rotatable bonds is 4. The molecule has 5 rings (SSSR count). The van der Waals surface area contributed by atoms with Gasteiger partial charge in [-0.15, -0.1) is 0 Å². The van der Waals surface area contributed by atoms with E-state index in [9.17, 15) is 22.8 Å². The summed E-state index contributed by atoms with van der Waals surface area (Å²) in [4.78, 5) is 32.8. The quantitative estimate of drug-likeness (QED) is 0.521. The third kappa shape index (κ3) is 5.48. The first-order valence-electron chi connectivity index (χ1n) is 12.2. The van der Waals surface area contributed by atoms with E-state index in [4.69, 9.17) is 5.11 Å². The summed E-state index contributed by atoms with van der Waals surface area (Å²) >= 11 is 0. The third-order valence-electron chi connectivity index (χ3n) is 7.05. The van der Waals surface area contributed by atoms with Crippen molar-refractivity contribution in [1.82, 2.24) is 19.7 Å². The zero-order valence-electron chi connectivity index (χ0n) is 20.1. The first kappa shape index (κ1) is 24.9. The minimum Gasteiger partial charge on any atom is -0.465 e. The monoisotopic (exact) mass is 512 g/mol. The van der Waals surface area contributed by atoms with Gasteiger partial charge in [0.1, 0.15) is 5.69 Å².